The van der Waals surface area contributed by atoms with Crippen LogP contribution in [-0.4, -0.2) is 56.6 Å². The van der Waals surface area contributed by atoms with Crippen molar-refractivity contribution in [3.05, 3.63) is 60.2 Å². The van der Waals surface area contributed by atoms with E-state index in [0.29, 0.717) is 31.9 Å². The van der Waals surface area contributed by atoms with Gasteiger partial charge in [0.25, 0.3) is 0 Å². The average molecular weight is 395 g/mol. The van der Waals surface area contributed by atoms with Crippen molar-refractivity contribution in [3.8, 4) is 5.82 Å². The number of hydrogen-bond acceptors (Lipinski definition) is 5. The lowest BCUT2D eigenvalue weighted by Crippen LogP contribution is -2.50. The average Bonchev–Trinajstić information content (AvgIpc) is 3.07. The van der Waals surface area contributed by atoms with Crippen molar-refractivity contribution in [2.75, 3.05) is 36.4 Å². The van der Waals surface area contributed by atoms with Crippen LogP contribution >= 0.6 is 0 Å². The maximum absolute atomic E-state index is 13.3. The van der Waals surface area contributed by atoms with E-state index in [-0.39, 0.29) is 11.8 Å². The van der Waals surface area contributed by atoms with Crippen LogP contribution in [-0.2, 0) is 0 Å². The quantitative estimate of drug-likeness (QED) is 0.738. The molecule has 0 saturated carbocycles. The first-order chi connectivity index (χ1) is 14.0. The maximum Gasteiger partial charge on any atom is 0.321 e. The van der Waals surface area contributed by atoms with E-state index in [2.05, 4.69) is 25.2 Å². The van der Waals surface area contributed by atoms with Crippen LogP contribution in [0.3, 0.4) is 0 Å². The second-order valence-electron chi connectivity index (χ2n) is 6.93. The zero-order valence-electron chi connectivity index (χ0n) is 16.3. The van der Waals surface area contributed by atoms with Gasteiger partial charge in [-0.05, 0) is 32.0 Å². The smallest absolute Gasteiger partial charge is 0.321 e. The Morgan fingerprint density at radius 3 is 2.48 bits per heavy atom. The second-order valence-corrected chi connectivity index (χ2v) is 6.93. The Hall–Kier alpha value is -3.49. The molecule has 29 heavy (non-hydrogen) atoms. The number of nitrogens with zero attached hydrogens (tertiary/aromatic N) is 6. The fraction of sp³-hybridized carbons (Fsp3) is 0.300. The molecular weight excluding hydrogens is 373 g/mol. The molecule has 9 heteroatoms. The molecule has 1 aromatic carbocycles. The number of imidazole rings is 1. The van der Waals surface area contributed by atoms with Gasteiger partial charge in [0.2, 0.25) is 0 Å². The third kappa shape index (κ3) is 4.03. The second kappa shape index (κ2) is 7.86. The van der Waals surface area contributed by atoms with Crippen molar-refractivity contribution >= 4 is 17.5 Å². The predicted molar refractivity (Wildman–Crippen MR) is 108 cm³/mol. The SMILES string of the molecule is Cc1ncn(-c2cc(N3CCN(C(=O)Nc4cccc(F)c4)CC3)ncn2)c1C. The molecule has 0 bridgehead atoms. The number of aromatic nitrogens is 4. The number of amides is 2. The van der Waals surface area contributed by atoms with Crippen LogP contribution in [0.15, 0.2) is 43.0 Å². The summed E-state index contributed by atoms with van der Waals surface area (Å²) in [4.78, 5) is 29.3. The topological polar surface area (TPSA) is 79.2 Å². The molecule has 3 heterocycles. The Morgan fingerprint density at radius 1 is 1.03 bits per heavy atom. The van der Waals surface area contributed by atoms with Gasteiger partial charge >= 0.3 is 6.03 Å². The van der Waals surface area contributed by atoms with Gasteiger partial charge < -0.3 is 15.1 Å². The Balaban J connectivity index is 1.40. The van der Waals surface area contributed by atoms with E-state index in [1.165, 1.54) is 12.1 Å². The number of rotatable bonds is 3. The van der Waals surface area contributed by atoms with Crippen LogP contribution in [0.25, 0.3) is 5.82 Å². The molecule has 1 fully saturated rings. The lowest BCUT2D eigenvalue weighted by Gasteiger charge is -2.35. The summed E-state index contributed by atoms with van der Waals surface area (Å²) in [6.07, 6.45) is 3.30. The number of aryl methyl sites for hydroxylation is 1. The molecule has 8 nitrogen and oxygen atoms in total. The van der Waals surface area contributed by atoms with Crippen LogP contribution in [0, 0.1) is 19.7 Å². The summed E-state index contributed by atoms with van der Waals surface area (Å²) in [5.41, 5.74) is 2.44. The van der Waals surface area contributed by atoms with Crippen LogP contribution < -0.4 is 10.2 Å². The minimum atomic E-state index is -0.379. The van der Waals surface area contributed by atoms with Crippen LogP contribution in [0.4, 0.5) is 20.7 Å². The van der Waals surface area contributed by atoms with Gasteiger partial charge in [-0.3, -0.25) is 4.57 Å². The molecule has 1 N–H and O–H groups in total. The number of anilines is 2. The minimum Gasteiger partial charge on any atom is -0.353 e. The number of hydrogen-bond donors (Lipinski definition) is 1. The van der Waals surface area contributed by atoms with Crippen molar-refractivity contribution < 1.29 is 9.18 Å². The third-order valence-electron chi connectivity index (χ3n) is 5.10. The van der Waals surface area contributed by atoms with Crippen molar-refractivity contribution in [3.63, 3.8) is 0 Å². The molecule has 0 unspecified atom stereocenters. The van der Waals surface area contributed by atoms with Crippen molar-refractivity contribution in [1.29, 1.82) is 0 Å². The monoisotopic (exact) mass is 395 g/mol. The van der Waals surface area contributed by atoms with Gasteiger partial charge in [-0.25, -0.2) is 24.1 Å². The van der Waals surface area contributed by atoms with Gasteiger partial charge in [0.05, 0.1) is 5.69 Å². The van der Waals surface area contributed by atoms with E-state index < -0.39 is 0 Å². The Bertz CT molecular complexity index is 1030. The molecule has 0 atom stereocenters. The lowest BCUT2D eigenvalue weighted by molar-refractivity contribution is 0.208. The highest BCUT2D eigenvalue weighted by atomic mass is 19.1. The summed E-state index contributed by atoms with van der Waals surface area (Å²) in [5.74, 6) is 1.20. The molecule has 3 aromatic rings. The highest BCUT2D eigenvalue weighted by molar-refractivity contribution is 5.89. The molecule has 1 aliphatic rings. The number of halogens is 1. The number of nitrogens with one attached hydrogen (secondary N) is 1. The number of urea groups is 1. The lowest BCUT2D eigenvalue weighted by atomic mass is 10.3. The summed E-state index contributed by atoms with van der Waals surface area (Å²) in [5, 5.41) is 2.74. The fourth-order valence-electron chi connectivity index (χ4n) is 3.28. The molecule has 2 amide bonds. The van der Waals surface area contributed by atoms with E-state index >= 15 is 0 Å². The first-order valence-electron chi connectivity index (χ1n) is 9.40. The van der Waals surface area contributed by atoms with Gasteiger partial charge in [-0.2, -0.15) is 0 Å². The molecule has 1 saturated heterocycles. The van der Waals surface area contributed by atoms with E-state index in [9.17, 15) is 9.18 Å². The highest BCUT2D eigenvalue weighted by Crippen LogP contribution is 2.18. The molecule has 0 aliphatic carbocycles. The highest BCUT2D eigenvalue weighted by Gasteiger charge is 2.22. The van der Waals surface area contributed by atoms with Gasteiger partial charge in [0.15, 0.2) is 0 Å². The van der Waals surface area contributed by atoms with Crippen molar-refractivity contribution in [2.24, 2.45) is 0 Å². The number of piperazine rings is 1. The van der Waals surface area contributed by atoms with Crippen molar-refractivity contribution in [2.45, 2.75) is 13.8 Å². The molecule has 1 aliphatic heterocycles. The zero-order chi connectivity index (χ0) is 20.4. The standard InChI is InChI=1S/C20H22FN7O/c1-14-15(2)28(13-24-14)19-11-18(22-12-23-19)26-6-8-27(9-7-26)20(29)25-17-5-3-4-16(21)10-17/h3-5,10-13H,6-9H2,1-2H3,(H,25,29). The summed E-state index contributed by atoms with van der Waals surface area (Å²) < 4.78 is 15.2. The Kier molecular flexibility index (Phi) is 5.11. The van der Waals surface area contributed by atoms with E-state index in [1.807, 2.05) is 24.5 Å². The largest absolute Gasteiger partial charge is 0.353 e. The molecular formula is C20H22FN7O. The Morgan fingerprint density at radius 2 is 1.79 bits per heavy atom. The number of carbonyl (C=O) groups is 1. The summed E-state index contributed by atoms with van der Waals surface area (Å²) in [7, 11) is 0. The van der Waals surface area contributed by atoms with Gasteiger partial charge in [-0.15, -0.1) is 0 Å². The first kappa shape index (κ1) is 18.9. The van der Waals surface area contributed by atoms with E-state index in [0.717, 1.165) is 23.0 Å². The molecule has 150 valence electrons. The van der Waals surface area contributed by atoms with Crippen LogP contribution in [0.5, 0.6) is 0 Å². The molecule has 0 radical (unpaired) electrons. The number of carbonyl (C=O) groups excluding carboxylic acids is 1. The molecule has 2 aromatic heterocycles. The zero-order valence-corrected chi connectivity index (χ0v) is 16.3. The summed E-state index contributed by atoms with van der Waals surface area (Å²) in [6, 6.07) is 7.57. The van der Waals surface area contributed by atoms with Gasteiger partial charge in [0.1, 0.15) is 30.1 Å². The first-order valence-corrected chi connectivity index (χ1v) is 9.40. The maximum atomic E-state index is 13.3. The van der Waals surface area contributed by atoms with Gasteiger partial charge in [-0.1, -0.05) is 6.07 Å². The van der Waals surface area contributed by atoms with E-state index in [4.69, 9.17) is 0 Å². The minimum absolute atomic E-state index is 0.233. The summed E-state index contributed by atoms with van der Waals surface area (Å²) in [6.45, 7) is 6.35. The van der Waals surface area contributed by atoms with Crippen LogP contribution in [0.2, 0.25) is 0 Å². The normalized spacial score (nSPS) is 14.2. The van der Waals surface area contributed by atoms with Crippen LogP contribution in [0.1, 0.15) is 11.4 Å². The number of benzene rings is 1. The van der Waals surface area contributed by atoms with Gasteiger partial charge in [0, 0.05) is 43.6 Å². The third-order valence-corrected chi connectivity index (χ3v) is 5.10. The fourth-order valence-corrected chi connectivity index (χ4v) is 3.28. The predicted octanol–water partition coefficient (Wildman–Crippen LogP) is 2.77. The molecule has 4 rings (SSSR count). The van der Waals surface area contributed by atoms with Crippen molar-refractivity contribution in [1.82, 2.24) is 24.4 Å². The Labute approximate surface area is 168 Å². The molecule has 0 spiro atoms. The summed E-state index contributed by atoms with van der Waals surface area (Å²) >= 11 is 0. The van der Waals surface area contributed by atoms with E-state index in [1.54, 1.807) is 29.7 Å².